The second-order valence-corrected chi connectivity index (χ2v) is 8.97. The lowest BCUT2D eigenvalue weighted by Gasteiger charge is -2.05. The molecule has 4 rings (SSSR count). The molecule has 0 fully saturated rings. The number of unbranched alkanes of at least 4 members (excludes halogenated alkanes) is 1. The highest BCUT2D eigenvalue weighted by Crippen LogP contribution is 2.19. The van der Waals surface area contributed by atoms with E-state index in [0.717, 1.165) is 51.1 Å². The van der Waals surface area contributed by atoms with Gasteiger partial charge in [-0.15, -0.1) is 11.4 Å². The third-order valence-corrected chi connectivity index (χ3v) is 5.99. The fraction of sp³-hybridized carbons (Fsp3) is 0.115. The van der Waals surface area contributed by atoms with Gasteiger partial charge in [0.1, 0.15) is 11.3 Å². The lowest BCUT2D eigenvalue weighted by atomic mass is 10.1. The van der Waals surface area contributed by atoms with Gasteiger partial charge in [-0.2, -0.15) is 0 Å². The molecule has 1 heterocycles. The minimum atomic E-state index is -0.0377. The van der Waals surface area contributed by atoms with E-state index in [1.807, 2.05) is 66.7 Å². The van der Waals surface area contributed by atoms with Crippen molar-refractivity contribution >= 4 is 55.6 Å². The number of ketones is 1. The normalized spacial score (nSPS) is 11.8. The first-order valence-corrected chi connectivity index (χ1v) is 12.0. The molecule has 0 N–H and O–H groups in total. The molecule has 0 radical (unpaired) electrons. The van der Waals surface area contributed by atoms with Gasteiger partial charge in [-0.1, -0.05) is 51.6 Å². The van der Waals surface area contributed by atoms with Gasteiger partial charge in [0, 0.05) is 10.0 Å². The topological polar surface area (TPSA) is 52.3 Å². The Morgan fingerprint density at radius 2 is 1.91 bits per heavy atom. The zero-order valence-electron chi connectivity index (χ0n) is 17.3. The SMILES string of the molecule is O=C(/C=C/c1cccc(Br)c1)c1ccc(OCCCC=[SH]c2nc3ccccc3o2)cc1. The van der Waals surface area contributed by atoms with Gasteiger partial charge in [0.05, 0.1) is 6.61 Å². The number of nitrogens with zero attached hydrogens (tertiary/aromatic N) is 1. The highest BCUT2D eigenvalue weighted by Gasteiger charge is 2.03. The summed E-state index contributed by atoms with van der Waals surface area (Å²) in [5, 5.41) is 2.84. The summed E-state index contributed by atoms with van der Waals surface area (Å²) in [6.07, 6.45) is 5.19. The number of fused-ring (bicyclic) bond motifs is 1. The molecule has 0 aliphatic carbocycles. The van der Waals surface area contributed by atoms with Crippen molar-refractivity contribution in [3.8, 4) is 5.75 Å². The molecular formula is C26H22BrNO3S. The number of ether oxygens (including phenoxy) is 1. The predicted molar refractivity (Wildman–Crippen MR) is 136 cm³/mol. The zero-order valence-corrected chi connectivity index (χ0v) is 19.8. The van der Waals surface area contributed by atoms with E-state index in [1.54, 1.807) is 18.2 Å². The van der Waals surface area contributed by atoms with Crippen LogP contribution in [0, 0.1) is 0 Å². The van der Waals surface area contributed by atoms with Gasteiger partial charge in [0.15, 0.2) is 11.4 Å². The average molecular weight is 508 g/mol. The molecule has 0 atom stereocenters. The molecule has 0 saturated heterocycles. The standard InChI is InChI=1S/C26H22BrNO3S/c27-21-7-5-6-19(18-21)10-15-24(29)20-11-13-22(14-12-20)30-16-3-4-17-32-26-28-23-8-1-2-9-25(23)31-26/h1-2,5-15,17-18,32H,3-4,16H2/b15-10+. The van der Waals surface area contributed by atoms with Crippen molar-refractivity contribution in [3.05, 3.63) is 94.5 Å². The van der Waals surface area contributed by atoms with Crippen molar-refractivity contribution in [3.63, 3.8) is 0 Å². The summed E-state index contributed by atoms with van der Waals surface area (Å²) in [7, 11) is 0. The number of carbonyl (C=O) groups excluding carboxylic acids is 1. The number of thiol groups is 1. The van der Waals surface area contributed by atoms with Gasteiger partial charge in [0.2, 0.25) is 5.22 Å². The molecule has 4 nitrogen and oxygen atoms in total. The Balaban J connectivity index is 1.21. The summed E-state index contributed by atoms with van der Waals surface area (Å²) in [6, 6.07) is 22.8. The first-order valence-electron chi connectivity index (χ1n) is 10.3. The summed E-state index contributed by atoms with van der Waals surface area (Å²) in [6.45, 7) is 0.607. The second kappa shape index (κ2) is 11.1. The zero-order chi connectivity index (χ0) is 22.2. The van der Waals surface area contributed by atoms with E-state index in [4.69, 9.17) is 9.15 Å². The second-order valence-electron chi connectivity index (χ2n) is 7.04. The number of halogens is 1. The first kappa shape index (κ1) is 22.2. The molecule has 0 spiro atoms. The monoisotopic (exact) mass is 507 g/mol. The number of benzene rings is 3. The summed E-state index contributed by atoms with van der Waals surface area (Å²) >= 11 is 4.40. The van der Waals surface area contributed by atoms with E-state index in [-0.39, 0.29) is 5.78 Å². The van der Waals surface area contributed by atoms with Crippen LogP contribution >= 0.6 is 27.3 Å². The largest absolute Gasteiger partial charge is 0.494 e. The fourth-order valence-electron chi connectivity index (χ4n) is 3.02. The Morgan fingerprint density at radius 1 is 1.06 bits per heavy atom. The summed E-state index contributed by atoms with van der Waals surface area (Å²) in [5.74, 6) is 0.721. The van der Waals surface area contributed by atoms with Crippen LogP contribution in [0.25, 0.3) is 17.2 Å². The van der Waals surface area contributed by atoms with E-state index < -0.39 is 0 Å². The molecule has 0 aliphatic heterocycles. The maximum atomic E-state index is 12.4. The van der Waals surface area contributed by atoms with Crippen LogP contribution in [0.4, 0.5) is 0 Å². The fourth-order valence-corrected chi connectivity index (χ4v) is 4.22. The highest BCUT2D eigenvalue weighted by molar-refractivity contribution is 9.10. The van der Waals surface area contributed by atoms with E-state index in [2.05, 4.69) is 26.3 Å². The number of allylic oxidation sites excluding steroid dienone is 1. The van der Waals surface area contributed by atoms with Crippen molar-refractivity contribution in [1.82, 2.24) is 4.98 Å². The van der Waals surface area contributed by atoms with E-state index in [1.165, 1.54) is 0 Å². The first-order chi connectivity index (χ1) is 15.7. The van der Waals surface area contributed by atoms with Gasteiger partial charge in [-0.25, -0.2) is 4.98 Å². The maximum Gasteiger partial charge on any atom is 0.247 e. The molecule has 0 amide bonds. The van der Waals surface area contributed by atoms with Crippen LogP contribution in [0.3, 0.4) is 0 Å². The molecule has 1 aromatic heterocycles. The Morgan fingerprint density at radius 3 is 2.72 bits per heavy atom. The van der Waals surface area contributed by atoms with E-state index in [0.29, 0.717) is 17.4 Å². The van der Waals surface area contributed by atoms with Crippen LogP contribution in [-0.4, -0.2) is 22.7 Å². The third-order valence-electron chi connectivity index (χ3n) is 4.65. The lowest BCUT2D eigenvalue weighted by Crippen LogP contribution is -1.99. The molecule has 32 heavy (non-hydrogen) atoms. The quantitative estimate of drug-likeness (QED) is 0.0872. The molecule has 4 aromatic rings. The molecule has 0 aliphatic rings. The van der Waals surface area contributed by atoms with Gasteiger partial charge in [0.25, 0.3) is 0 Å². The predicted octanol–water partition coefficient (Wildman–Crippen LogP) is 6.97. The smallest absolute Gasteiger partial charge is 0.247 e. The molecule has 3 aromatic carbocycles. The van der Waals surface area contributed by atoms with Crippen molar-refractivity contribution < 1.29 is 13.9 Å². The van der Waals surface area contributed by atoms with Gasteiger partial charge >= 0.3 is 0 Å². The van der Waals surface area contributed by atoms with Crippen LogP contribution in [0.5, 0.6) is 5.75 Å². The third kappa shape index (κ3) is 6.28. The van der Waals surface area contributed by atoms with Gasteiger partial charge in [-0.3, -0.25) is 4.79 Å². The van der Waals surface area contributed by atoms with E-state index >= 15 is 0 Å². The number of oxazole rings is 1. The number of rotatable bonds is 9. The van der Waals surface area contributed by atoms with Gasteiger partial charge in [-0.05, 0) is 73.0 Å². The molecule has 0 unspecified atom stereocenters. The molecule has 0 bridgehead atoms. The number of para-hydroxylation sites is 2. The van der Waals surface area contributed by atoms with Crippen LogP contribution in [0.2, 0.25) is 0 Å². The molecular weight excluding hydrogens is 486 g/mol. The lowest BCUT2D eigenvalue weighted by molar-refractivity contribution is 0.104. The van der Waals surface area contributed by atoms with Crippen LogP contribution in [0.1, 0.15) is 28.8 Å². The van der Waals surface area contributed by atoms with Crippen molar-refractivity contribution in [2.45, 2.75) is 18.1 Å². The Labute approximate surface area is 199 Å². The van der Waals surface area contributed by atoms with E-state index in [9.17, 15) is 4.79 Å². The molecule has 162 valence electrons. The summed E-state index contributed by atoms with van der Waals surface area (Å²) in [5.41, 5.74) is 3.31. The molecule has 6 heteroatoms. The molecule has 0 saturated carbocycles. The van der Waals surface area contributed by atoms with Crippen molar-refractivity contribution in [1.29, 1.82) is 0 Å². The average Bonchev–Trinajstić information content (AvgIpc) is 3.23. The minimum Gasteiger partial charge on any atom is -0.494 e. The minimum absolute atomic E-state index is 0.0377. The number of hydrogen-bond acceptors (Lipinski definition) is 4. The maximum absolute atomic E-state index is 12.4. The Hall–Kier alpha value is -2.96. The summed E-state index contributed by atoms with van der Waals surface area (Å²) < 4.78 is 12.5. The Bertz CT molecular complexity index is 1230. The van der Waals surface area contributed by atoms with Crippen molar-refractivity contribution in [2.75, 3.05) is 6.61 Å². The van der Waals surface area contributed by atoms with Crippen LogP contribution in [-0.2, 0) is 0 Å². The number of aromatic nitrogens is 1. The number of hydrogen-bond donors (Lipinski definition) is 1. The van der Waals surface area contributed by atoms with Crippen LogP contribution in [0.15, 0.2) is 93.0 Å². The Kier molecular flexibility index (Phi) is 7.69. The van der Waals surface area contributed by atoms with Crippen molar-refractivity contribution in [2.24, 2.45) is 0 Å². The highest BCUT2D eigenvalue weighted by atomic mass is 79.9. The van der Waals surface area contributed by atoms with Crippen LogP contribution < -0.4 is 4.74 Å². The summed E-state index contributed by atoms with van der Waals surface area (Å²) in [4.78, 5) is 16.8. The number of carbonyl (C=O) groups is 1. The van der Waals surface area contributed by atoms with Gasteiger partial charge < -0.3 is 9.15 Å².